The van der Waals surface area contributed by atoms with Crippen LogP contribution in [-0.2, 0) is 18.6 Å². The molecule has 0 saturated carbocycles. The fourth-order valence-corrected chi connectivity index (χ4v) is 5.04. The lowest BCUT2D eigenvalue weighted by atomic mass is 9.77. The number of hydrogen-bond acceptors (Lipinski definition) is 4. The van der Waals surface area contributed by atoms with Crippen LogP contribution in [0.1, 0.15) is 80.4 Å². The summed E-state index contributed by atoms with van der Waals surface area (Å²) in [6.07, 6.45) is 4.40. The molecule has 3 aromatic rings. The highest BCUT2D eigenvalue weighted by Crippen LogP contribution is 2.40. The number of rotatable bonds is 4. The molecule has 2 saturated heterocycles. The number of benzene rings is 3. The Morgan fingerprint density at radius 3 is 1.24 bits per heavy atom. The molecular formula is C32H40B2O4. The third kappa shape index (κ3) is 4.66. The van der Waals surface area contributed by atoms with Crippen molar-refractivity contribution in [3.8, 4) is 0 Å². The summed E-state index contributed by atoms with van der Waals surface area (Å²) in [5.41, 5.74) is 2.96. The van der Waals surface area contributed by atoms with Gasteiger partial charge >= 0.3 is 14.2 Å². The van der Waals surface area contributed by atoms with Crippen molar-refractivity contribution in [2.75, 3.05) is 0 Å². The molecule has 0 amide bonds. The van der Waals surface area contributed by atoms with Crippen molar-refractivity contribution in [2.24, 2.45) is 0 Å². The van der Waals surface area contributed by atoms with E-state index in [-0.39, 0.29) is 36.6 Å². The van der Waals surface area contributed by atoms with Crippen LogP contribution in [-0.4, -0.2) is 36.6 Å². The zero-order valence-corrected chi connectivity index (χ0v) is 24.6. The van der Waals surface area contributed by atoms with Crippen molar-refractivity contribution in [3.63, 3.8) is 0 Å². The van der Waals surface area contributed by atoms with E-state index in [4.69, 9.17) is 18.6 Å². The molecule has 38 heavy (non-hydrogen) atoms. The summed E-state index contributed by atoms with van der Waals surface area (Å²) < 4.78 is 25.2. The van der Waals surface area contributed by atoms with Crippen molar-refractivity contribution >= 4 is 47.9 Å². The maximum absolute atomic E-state index is 6.30. The Morgan fingerprint density at radius 1 is 0.553 bits per heavy atom. The van der Waals surface area contributed by atoms with Crippen LogP contribution in [0.5, 0.6) is 0 Å². The molecule has 0 unspecified atom stereocenters. The van der Waals surface area contributed by atoms with Crippen LogP contribution in [0, 0.1) is 0 Å². The molecule has 0 aliphatic carbocycles. The topological polar surface area (TPSA) is 36.9 Å². The van der Waals surface area contributed by atoms with Gasteiger partial charge in [0, 0.05) is 0 Å². The van der Waals surface area contributed by atoms with Crippen LogP contribution >= 0.6 is 0 Å². The van der Waals surface area contributed by atoms with E-state index in [0.29, 0.717) is 0 Å². The minimum Gasteiger partial charge on any atom is -0.400 e. The second kappa shape index (κ2) is 9.09. The van der Waals surface area contributed by atoms with Crippen LogP contribution < -0.4 is 0 Å². The van der Waals surface area contributed by atoms with Crippen LogP contribution in [0.15, 0.2) is 59.5 Å². The molecule has 0 spiro atoms. The van der Waals surface area contributed by atoms with E-state index < -0.39 is 0 Å². The first kappa shape index (κ1) is 27.2. The Labute approximate surface area is 228 Å². The summed E-state index contributed by atoms with van der Waals surface area (Å²) in [6.45, 7) is 20.9. The predicted molar refractivity (Wildman–Crippen MR) is 161 cm³/mol. The summed E-state index contributed by atoms with van der Waals surface area (Å²) in [6, 6.07) is 17.5. The maximum atomic E-state index is 6.30. The molecule has 0 bridgehead atoms. The van der Waals surface area contributed by atoms with Crippen molar-refractivity contribution in [1.82, 2.24) is 0 Å². The fourth-order valence-electron chi connectivity index (χ4n) is 5.04. The van der Waals surface area contributed by atoms with Gasteiger partial charge in [-0.3, -0.25) is 0 Å². The molecular weight excluding hydrogens is 470 g/mol. The number of hydrogen-bond donors (Lipinski definition) is 0. The Kier molecular flexibility index (Phi) is 6.51. The van der Waals surface area contributed by atoms with Crippen molar-refractivity contribution in [2.45, 2.75) is 91.6 Å². The van der Waals surface area contributed by atoms with Gasteiger partial charge in [0.25, 0.3) is 0 Å². The van der Waals surface area contributed by atoms with Gasteiger partial charge in [-0.05, 0) is 125 Å². The number of allylic oxidation sites excluding steroid dienone is 2. The Bertz CT molecular complexity index is 1330. The summed E-state index contributed by atoms with van der Waals surface area (Å²) in [5, 5.41) is 4.81. The van der Waals surface area contributed by atoms with Crippen LogP contribution in [0.25, 0.3) is 33.7 Å². The SMILES string of the molecule is C/C(=C\c1cccc2cc3cccc(/C=C(\C)B4OC(C)(C)C(C)(C)O4)c3cc12)B1OC(C)(C)C(C)(C)O1. The molecule has 2 heterocycles. The first-order chi connectivity index (χ1) is 17.6. The van der Waals surface area contributed by atoms with Gasteiger partial charge in [-0.1, -0.05) is 48.6 Å². The third-order valence-electron chi connectivity index (χ3n) is 8.96. The van der Waals surface area contributed by atoms with E-state index in [0.717, 1.165) is 22.1 Å². The molecule has 6 heteroatoms. The lowest BCUT2D eigenvalue weighted by Gasteiger charge is -2.32. The van der Waals surface area contributed by atoms with Crippen molar-refractivity contribution in [1.29, 1.82) is 0 Å². The molecule has 3 aromatic carbocycles. The molecule has 0 radical (unpaired) electrons. The van der Waals surface area contributed by atoms with Crippen LogP contribution in [0.3, 0.4) is 0 Å². The standard InChI is InChI=1S/C32H40B2O4/c1-21(33-35-29(3,4)30(5,6)36-33)17-23-13-11-15-25-19-26-16-12-14-24(28(26)20-27(23)25)18-22(2)34-37-31(7,8)32(9,10)38-34/h11-20H,1-10H3/b21-17+,22-18+. The normalized spacial score (nSPS) is 22.6. The first-order valence-electron chi connectivity index (χ1n) is 13.6. The highest BCUT2D eigenvalue weighted by Gasteiger charge is 2.52. The number of fused-ring (bicyclic) bond motifs is 2. The van der Waals surface area contributed by atoms with Gasteiger partial charge < -0.3 is 18.6 Å². The van der Waals surface area contributed by atoms with E-state index >= 15 is 0 Å². The Hall–Kier alpha value is -2.37. The summed E-state index contributed by atoms with van der Waals surface area (Å²) >= 11 is 0. The molecule has 2 aliphatic heterocycles. The largest absolute Gasteiger partial charge is 0.490 e. The molecule has 2 aliphatic rings. The van der Waals surface area contributed by atoms with Crippen LogP contribution in [0.2, 0.25) is 0 Å². The minimum absolute atomic E-state index is 0.363. The van der Waals surface area contributed by atoms with Gasteiger partial charge in [0.1, 0.15) is 0 Å². The summed E-state index contributed by atoms with van der Waals surface area (Å²) in [5.74, 6) is 0. The van der Waals surface area contributed by atoms with E-state index in [9.17, 15) is 0 Å². The first-order valence-corrected chi connectivity index (χ1v) is 13.6. The zero-order chi connectivity index (χ0) is 27.7. The molecule has 0 N–H and O–H groups in total. The van der Waals surface area contributed by atoms with Gasteiger partial charge in [-0.15, -0.1) is 0 Å². The van der Waals surface area contributed by atoms with E-state index in [1.54, 1.807) is 0 Å². The molecule has 0 aromatic heterocycles. The Morgan fingerprint density at radius 2 is 0.895 bits per heavy atom. The highest BCUT2D eigenvalue weighted by molar-refractivity contribution is 6.56. The highest BCUT2D eigenvalue weighted by atomic mass is 16.7. The fraction of sp³-hybridized carbons (Fsp3) is 0.438. The minimum atomic E-state index is -0.364. The third-order valence-corrected chi connectivity index (χ3v) is 8.96. The summed E-state index contributed by atoms with van der Waals surface area (Å²) in [4.78, 5) is 0. The lowest BCUT2D eigenvalue weighted by molar-refractivity contribution is 0.00578. The average Bonchev–Trinajstić information content (AvgIpc) is 3.18. The predicted octanol–water partition coefficient (Wildman–Crippen LogP) is 8.06. The second-order valence-corrected chi connectivity index (χ2v) is 12.9. The molecule has 0 atom stereocenters. The quantitative estimate of drug-likeness (QED) is 0.263. The van der Waals surface area contributed by atoms with Gasteiger partial charge in [0.15, 0.2) is 0 Å². The zero-order valence-electron chi connectivity index (χ0n) is 24.6. The molecule has 2 fully saturated rings. The smallest absolute Gasteiger partial charge is 0.400 e. The van der Waals surface area contributed by atoms with E-state index in [2.05, 4.69) is 130 Å². The van der Waals surface area contributed by atoms with Crippen molar-refractivity contribution in [3.05, 3.63) is 70.6 Å². The maximum Gasteiger partial charge on any atom is 0.490 e. The van der Waals surface area contributed by atoms with Gasteiger partial charge in [0.05, 0.1) is 22.4 Å². The molecule has 4 nitrogen and oxygen atoms in total. The lowest BCUT2D eigenvalue weighted by Crippen LogP contribution is -2.41. The van der Waals surface area contributed by atoms with Crippen molar-refractivity contribution < 1.29 is 18.6 Å². The Balaban J connectivity index is 1.54. The second-order valence-electron chi connectivity index (χ2n) is 12.9. The van der Waals surface area contributed by atoms with Gasteiger partial charge in [0.2, 0.25) is 0 Å². The molecule has 5 rings (SSSR count). The monoisotopic (exact) mass is 510 g/mol. The van der Waals surface area contributed by atoms with E-state index in [1.165, 1.54) is 21.5 Å². The van der Waals surface area contributed by atoms with E-state index in [1.807, 2.05) is 0 Å². The molecule has 198 valence electrons. The van der Waals surface area contributed by atoms with Crippen LogP contribution in [0.4, 0.5) is 0 Å². The van der Waals surface area contributed by atoms with Gasteiger partial charge in [-0.2, -0.15) is 0 Å². The van der Waals surface area contributed by atoms with Gasteiger partial charge in [-0.25, -0.2) is 0 Å². The average molecular weight is 510 g/mol. The summed E-state index contributed by atoms with van der Waals surface area (Å²) in [7, 11) is -0.728.